The van der Waals surface area contributed by atoms with Gasteiger partial charge in [0, 0.05) is 40.6 Å². The topological polar surface area (TPSA) is 57.3 Å². The number of nitrogens with one attached hydrogen (secondary N) is 1. The minimum Gasteiger partial charge on any atom is -0.494 e. The second kappa shape index (κ2) is 11.3. The number of unbranched alkanes of at least 4 members (excludes halogenated alkanes) is 1. The van der Waals surface area contributed by atoms with E-state index in [1.807, 2.05) is 12.1 Å². The van der Waals surface area contributed by atoms with Gasteiger partial charge in [0.25, 0.3) is 0 Å². The molecule has 0 radical (unpaired) electrons. The Bertz CT molecular complexity index is 1270. The zero-order chi connectivity index (χ0) is 24.9. The molecule has 0 bridgehead atoms. The third-order valence-electron chi connectivity index (χ3n) is 7.13. The van der Waals surface area contributed by atoms with Gasteiger partial charge >= 0.3 is 0 Å². The predicted octanol–water partition coefficient (Wildman–Crippen LogP) is 6.26. The molecule has 1 atom stereocenters. The summed E-state index contributed by atoms with van der Waals surface area (Å²) in [6.45, 7) is 9.34. The molecule has 3 heterocycles. The second-order valence-electron chi connectivity index (χ2n) is 9.25. The fraction of sp³-hybridized carbons (Fsp3) is 0.379. The molecule has 0 fully saturated rings. The van der Waals surface area contributed by atoms with Gasteiger partial charge in [-0.05, 0) is 86.4 Å². The summed E-state index contributed by atoms with van der Waals surface area (Å²) in [6, 6.07) is 16.4. The zero-order valence-corrected chi connectivity index (χ0v) is 21.8. The van der Waals surface area contributed by atoms with Gasteiger partial charge in [-0.3, -0.25) is 0 Å². The predicted molar refractivity (Wildman–Crippen MR) is 147 cm³/mol. The number of fused-ring (bicyclic) bond motifs is 3. The Labute approximate surface area is 218 Å². The van der Waals surface area contributed by atoms with Crippen LogP contribution in [0.2, 0.25) is 5.02 Å². The summed E-state index contributed by atoms with van der Waals surface area (Å²) >= 11 is 6.34. The molecule has 2 aromatic heterocycles. The lowest BCUT2D eigenvalue weighted by Crippen LogP contribution is -2.37. The second-order valence-corrected chi connectivity index (χ2v) is 9.69. The van der Waals surface area contributed by atoms with Crippen LogP contribution in [-0.2, 0) is 6.42 Å². The van der Waals surface area contributed by atoms with E-state index < -0.39 is 0 Å². The number of aromatic nitrogens is 3. The average Bonchev–Trinajstić information content (AvgIpc) is 3.29. The minimum atomic E-state index is -0.0227. The number of ether oxygens (including phenoxy) is 1. The van der Waals surface area contributed by atoms with Crippen LogP contribution in [0.25, 0.3) is 10.9 Å². The van der Waals surface area contributed by atoms with Gasteiger partial charge in [-0.1, -0.05) is 37.6 Å². The van der Waals surface area contributed by atoms with Crippen LogP contribution in [0.4, 0.5) is 5.95 Å². The molecule has 1 aliphatic rings. The number of halogens is 1. The van der Waals surface area contributed by atoms with Crippen molar-refractivity contribution in [1.29, 1.82) is 0 Å². The Morgan fingerprint density at radius 1 is 1.06 bits per heavy atom. The largest absolute Gasteiger partial charge is 0.494 e. The lowest BCUT2D eigenvalue weighted by molar-refractivity contribution is 0.266. The van der Waals surface area contributed by atoms with Crippen LogP contribution in [0.5, 0.6) is 5.75 Å². The third kappa shape index (κ3) is 5.20. The molecule has 2 aromatic carbocycles. The zero-order valence-electron chi connectivity index (χ0n) is 21.1. The van der Waals surface area contributed by atoms with Crippen LogP contribution >= 0.6 is 11.6 Å². The van der Waals surface area contributed by atoms with E-state index in [1.165, 1.54) is 22.2 Å². The van der Waals surface area contributed by atoms with Crippen LogP contribution < -0.4 is 9.64 Å². The Kier molecular flexibility index (Phi) is 7.73. The van der Waals surface area contributed by atoms with Gasteiger partial charge < -0.3 is 19.5 Å². The first kappa shape index (κ1) is 24.6. The van der Waals surface area contributed by atoms with Gasteiger partial charge in [-0.25, -0.2) is 9.97 Å². The molecule has 6 nitrogen and oxygen atoms in total. The van der Waals surface area contributed by atoms with Crippen LogP contribution in [0, 0.1) is 0 Å². The lowest BCUT2D eigenvalue weighted by Gasteiger charge is -2.36. The molecule has 5 rings (SSSR count). The van der Waals surface area contributed by atoms with Crippen molar-refractivity contribution >= 4 is 28.5 Å². The maximum Gasteiger partial charge on any atom is 0.226 e. The standard InChI is InChI=1S/C29H34ClN5O/c1-3-34(4-2)17-5-6-19-36-23-11-8-21(9-12-23)28-27-24(25-20-22(30)10-13-26(25)33-27)14-18-35(28)29-31-15-7-16-32-29/h7-13,15-16,20,28,33H,3-6,14,17-19H2,1-2H3. The number of rotatable bonds is 10. The monoisotopic (exact) mass is 503 g/mol. The smallest absolute Gasteiger partial charge is 0.226 e. The van der Waals surface area contributed by atoms with Crippen molar-refractivity contribution in [1.82, 2.24) is 19.9 Å². The lowest BCUT2D eigenvalue weighted by atomic mass is 9.92. The van der Waals surface area contributed by atoms with E-state index in [1.54, 1.807) is 12.4 Å². The molecule has 0 amide bonds. The summed E-state index contributed by atoms with van der Waals surface area (Å²) in [5.41, 5.74) is 4.78. The number of nitrogens with zero attached hydrogens (tertiary/aromatic N) is 4. The number of H-pyrrole nitrogens is 1. The summed E-state index contributed by atoms with van der Waals surface area (Å²) in [5.74, 6) is 1.64. The van der Waals surface area contributed by atoms with Gasteiger partial charge in [-0.15, -0.1) is 0 Å². The Morgan fingerprint density at radius 3 is 2.58 bits per heavy atom. The normalized spacial score (nSPS) is 15.4. The molecule has 36 heavy (non-hydrogen) atoms. The molecular formula is C29H34ClN5O. The number of aromatic amines is 1. The highest BCUT2D eigenvalue weighted by Crippen LogP contribution is 2.40. The fourth-order valence-corrected chi connectivity index (χ4v) is 5.35. The van der Waals surface area contributed by atoms with Crippen LogP contribution in [0.1, 0.15) is 49.6 Å². The first-order valence-electron chi connectivity index (χ1n) is 13.0. The number of hydrogen-bond acceptors (Lipinski definition) is 5. The van der Waals surface area contributed by atoms with Crippen molar-refractivity contribution in [2.75, 3.05) is 37.7 Å². The fourth-order valence-electron chi connectivity index (χ4n) is 5.18. The van der Waals surface area contributed by atoms with Crippen LogP contribution in [-0.4, -0.2) is 52.6 Å². The van der Waals surface area contributed by atoms with Gasteiger partial charge in [0.15, 0.2) is 0 Å². The highest BCUT2D eigenvalue weighted by Gasteiger charge is 2.33. The number of anilines is 1. The number of benzene rings is 2. The average molecular weight is 504 g/mol. The first-order chi connectivity index (χ1) is 17.7. The highest BCUT2D eigenvalue weighted by molar-refractivity contribution is 6.31. The van der Waals surface area contributed by atoms with Crippen LogP contribution in [0.3, 0.4) is 0 Å². The van der Waals surface area contributed by atoms with Crippen molar-refractivity contribution in [2.45, 2.75) is 39.2 Å². The van der Waals surface area contributed by atoms with E-state index in [0.29, 0.717) is 0 Å². The maximum absolute atomic E-state index is 6.34. The van der Waals surface area contributed by atoms with E-state index in [0.717, 1.165) is 74.3 Å². The molecule has 0 saturated carbocycles. The van der Waals surface area contributed by atoms with E-state index in [2.05, 4.69) is 75.0 Å². The van der Waals surface area contributed by atoms with Crippen molar-refractivity contribution in [3.63, 3.8) is 0 Å². The molecular weight excluding hydrogens is 470 g/mol. The molecule has 4 aromatic rings. The van der Waals surface area contributed by atoms with Gasteiger partial charge in [0.2, 0.25) is 5.95 Å². The van der Waals surface area contributed by atoms with Crippen LogP contribution in [0.15, 0.2) is 60.9 Å². The summed E-state index contributed by atoms with van der Waals surface area (Å²) in [7, 11) is 0. The van der Waals surface area contributed by atoms with Crippen molar-refractivity contribution < 1.29 is 4.74 Å². The molecule has 188 valence electrons. The number of hydrogen-bond donors (Lipinski definition) is 1. The minimum absolute atomic E-state index is 0.0227. The summed E-state index contributed by atoms with van der Waals surface area (Å²) in [4.78, 5) is 17.6. The van der Waals surface area contributed by atoms with Gasteiger partial charge in [-0.2, -0.15) is 0 Å². The van der Waals surface area contributed by atoms with E-state index in [4.69, 9.17) is 16.3 Å². The molecule has 1 N–H and O–H groups in total. The molecule has 0 spiro atoms. The molecule has 0 saturated heterocycles. The quantitative estimate of drug-likeness (QED) is 0.259. The Hall–Kier alpha value is -3.09. The van der Waals surface area contributed by atoms with Crippen molar-refractivity contribution in [3.8, 4) is 5.75 Å². The summed E-state index contributed by atoms with van der Waals surface area (Å²) in [6.07, 6.45) is 6.72. The van der Waals surface area contributed by atoms with E-state index in [9.17, 15) is 0 Å². The molecule has 7 heteroatoms. The first-order valence-corrected chi connectivity index (χ1v) is 13.3. The highest BCUT2D eigenvalue weighted by atomic mass is 35.5. The third-order valence-corrected chi connectivity index (χ3v) is 7.36. The van der Waals surface area contributed by atoms with Crippen molar-refractivity contribution in [3.05, 3.63) is 82.8 Å². The molecule has 1 unspecified atom stereocenters. The van der Waals surface area contributed by atoms with E-state index >= 15 is 0 Å². The van der Waals surface area contributed by atoms with Gasteiger partial charge in [0.1, 0.15) is 5.75 Å². The SMILES string of the molecule is CCN(CC)CCCCOc1ccc(C2c3[nH]c4ccc(Cl)cc4c3CCN2c2ncccn2)cc1. The van der Waals surface area contributed by atoms with Crippen molar-refractivity contribution in [2.24, 2.45) is 0 Å². The summed E-state index contributed by atoms with van der Waals surface area (Å²) in [5, 5.41) is 1.95. The Morgan fingerprint density at radius 2 is 1.83 bits per heavy atom. The van der Waals surface area contributed by atoms with Gasteiger partial charge in [0.05, 0.1) is 12.6 Å². The van der Waals surface area contributed by atoms with E-state index in [-0.39, 0.29) is 6.04 Å². The Balaban J connectivity index is 1.37. The maximum atomic E-state index is 6.34. The molecule has 1 aliphatic heterocycles. The molecule has 0 aliphatic carbocycles. The summed E-state index contributed by atoms with van der Waals surface area (Å²) < 4.78 is 6.06.